The molecular weight excluding hydrogens is 310 g/mol. The summed E-state index contributed by atoms with van der Waals surface area (Å²) in [5.74, 6) is -0.395. The van der Waals surface area contributed by atoms with Gasteiger partial charge in [-0.25, -0.2) is 0 Å². The highest BCUT2D eigenvalue weighted by atomic mass is 16.5. The molecule has 7 heteroatoms. The molecule has 0 bridgehead atoms. The lowest BCUT2D eigenvalue weighted by Gasteiger charge is -2.22. The summed E-state index contributed by atoms with van der Waals surface area (Å²) in [6.45, 7) is 4.26. The first-order valence-corrected chi connectivity index (χ1v) is 8.02. The first kappa shape index (κ1) is 17.9. The summed E-state index contributed by atoms with van der Waals surface area (Å²) in [6, 6.07) is 6.98. The fourth-order valence-electron chi connectivity index (χ4n) is 2.59. The predicted molar refractivity (Wildman–Crippen MR) is 90.8 cm³/mol. The molecule has 1 heterocycles. The average molecular weight is 333 g/mol. The van der Waals surface area contributed by atoms with E-state index in [1.807, 2.05) is 0 Å². The van der Waals surface area contributed by atoms with Crippen molar-refractivity contribution in [3.63, 3.8) is 0 Å². The van der Waals surface area contributed by atoms with Crippen molar-refractivity contribution < 1.29 is 19.1 Å². The molecule has 0 spiro atoms. The molecule has 1 aliphatic heterocycles. The van der Waals surface area contributed by atoms with E-state index in [0.29, 0.717) is 31.1 Å². The third-order valence-corrected chi connectivity index (χ3v) is 3.74. The van der Waals surface area contributed by atoms with E-state index >= 15 is 0 Å². The first-order chi connectivity index (χ1) is 11.5. The summed E-state index contributed by atoms with van der Waals surface area (Å²) >= 11 is 0. The lowest BCUT2D eigenvalue weighted by atomic mass is 10.2. The van der Waals surface area contributed by atoms with Gasteiger partial charge in [0.1, 0.15) is 6.10 Å². The minimum atomic E-state index is -0.368. The summed E-state index contributed by atoms with van der Waals surface area (Å²) in [7, 11) is 0. The predicted octanol–water partition coefficient (Wildman–Crippen LogP) is 1.29. The summed E-state index contributed by atoms with van der Waals surface area (Å²) in [4.78, 5) is 36.4. The molecule has 2 N–H and O–H groups in total. The summed E-state index contributed by atoms with van der Waals surface area (Å²) < 4.78 is 5.32. The maximum Gasteiger partial charge on any atom is 0.249 e. The van der Waals surface area contributed by atoms with Crippen LogP contribution in [0.4, 0.5) is 11.4 Å². The van der Waals surface area contributed by atoms with Gasteiger partial charge < -0.3 is 20.3 Å². The second-order valence-electron chi connectivity index (χ2n) is 5.69. The number of anilines is 2. The number of ether oxygens (including phenoxy) is 1. The number of nitrogens with zero attached hydrogens (tertiary/aromatic N) is 1. The van der Waals surface area contributed by atoms with Gasteiger partial charge in [-0.2, -0.15) is 0 Å². The Balaban J connectivity index is 1.90. The SMILES string of the molecule is CC(=O)Nc1ccc(N(CCNC(=O)C2CCCO2)C(C)=O)cc1. The molecule has 1 saturated heterocycles. The summed E-state index contributed by atoms with van der Waals surface area (Å²) in [6.07, 6.45) is 1.28. The highest BCUT2D eigenvalue weighted by Crippen LogP contribution is 2.18. The third kappa shape index (κ3) is 5.06. The molecule has 0 aliphatic carbocycles. The molecule has 0 saturated carbocycles. The second kappa shape index (κ2) is 8.44. The molecule has 1 fully saturated rings. The Hall–Kier alpha value is -2.41. The van der Waals surface area contributed by atoms with E-state index in [-0.39, 0.29) is 23.8 Å². The number of amides is 3. The van der Waals surface area contributed by atoms with E-state index in [2.05, 4.69) is 10.6 Å². The molecule has 130 valence electrons. The van der Waals surface area contributed by atoms with Gasteiger partial charge in [-0.05, 0) is 37.1 Å². The van der Waals surface area contributed by atoms with Gasteiger partial charge in [-0.15, -0.1) is 0 Å². The normalized spacial score (nSPS) is 16.5. The highest BCUT2D eigenvalue weighted by Gasteiger charge is 2.23. The van der Waals surface area contributed by atoms with Gasteiger partial charge in [-0.1, -0.05) is 0 Å². The Morgan fingerprint density at radius 3 is 2.46 bits per heavy atom. The number of hydrogen-bond donors (Lipinski definition) is 2. The fourth-order valence-corrected chi connectivity index (χ4v) is 2.59. The largest absolute Gasteiger partial charge is 0.368 e. The van der Waals surface area contributed by atoms with Gasteiger partial charge in [0.05, 0.1) is 0 Å². The van der Waals surface area contributed by atoms with Crippen LogP contribution in [0.2, 0.25) is 0 Å². The molecule has 1 aliphatic rings. The van der Waals surface area contributed by atoms with Crippen molar-refractivity contribution in [2.75, 3.05) is 29.9 Å². The van der Waals surface area contributed by atoms with Crippen LogP contribution >= 0.6 is 0 Å². The van der Waals surface area contributed by atoms with E-state index in [9.17, 15) is 14.4 Å². The van der Waals surface area contributed by atoms with Crippen molar-refractivity contribution in [1.82, 2.24) is 5.32 Å². The van der Waals surface area contributed by atoms with Crippen LogP contribution < -0.4 is 15.5 Å². The van der Waals surface area contributed by atoms with Crippen LogP contribution in [0.3, 0.4) is 0 Å². The Morgan fingerprint density at radius 2 is 1.92 bits per heavy atom. The Labute approximate surface area is 141 Å². The molecule has 24 heavy (non-hydrogen) atoms. The van der Waals surface area contributed by atoms with E-state index in [1.165, 1.54) is 13.8 Å². The molecule has 2 rings (SSSR count). The minimum absolute atomic E-state index is 0.117. The van der Waals surface area contributed by atoms with Crippen molar-refractivity contribution in [1.29, 1.82) is 0 Å². The van der Waals surface area contributed by atoms with Crippen molar-refractivity contribution in [3.8, 4) is 0 Å². The molecule has 0 aromatic heterocycles. The van der Waals surface area contributed by atoms with Gasteiger partial charge in [-0.3, -0.25) is 14.4 Å². The van der Waals surface area contributed by atoms with Crippen LogP contribution in [-0.2, 0) is 19.1 Å². The van der Waals surface area contributed by atoms with Gasteiger partial charge in [0.15, 0.2) is 0 Å². The Bertz CT molecular complexity index is 594. The topological polar surface area (TPSA) is 87.7 Å². The van der Waals surface area contributed by atoms with Crippen LogP contribution in [0.1, 0.15) is 26.7 Å². The first-order valence-electron chi connectivity index (χ1n) is 8.02. The maximum atomic E-state index is 11.9. The highest BCUT2D eigenvalue weighted by molar-refractivity contribution is 5.93. The van der Waals surface area contributed by atoms with Gasteiger partial charge in [0, 0.05) is 44.9 Å². The molecule has 7 nitrogen and oxygen atoms in total. The Morgan fingerprint density at radius 1 is 1.21 bits per heavy atom. The fraction of sp³-hybridized carbons (Fsp3) is 0.471. The van der Waals surface area contributed by atoms with Crippen molar-refractivity contribution >= 4 is 29.1 Å². The molecule has 3 amide bonds. The quantitative estimate of drug-likeness (QED) is 0.821. The molecule has 1 aromatic carbocycles. The molecular formula is C17H23N3O4. The zero-order chi connectivity index (χ0) is 17.5. The minimum Gasteiger partial charge on any atom is -0.368 e. The second-order valence-corrected chi connectivity index (χ2v) is 5.69. The number of carbonyl (C=O) groups excluding carboxylic acids is 3. The van der Waals surface area contributed by atoms with E-state index in [4.69, 9.17) is 4.74 Å². The van der Waals surface area contributed by atoms with Crippen molar-refractivity contribution in [2.45, 2.75) is 32.8 Å². The van der Waals surface area contributed by atoms with Crippen molar-refractivity contribution in [3.05, 3.63) is 24.3 Å². The van der Waals surface area contributed by atoms with Crippen molar-refractivity contribution in [2.24, 2.45) is 0 Å². The number of carbonyl (C=O) groups is 3. The van der Waals surface area contributed by atoms with Crippen LogP contribution in [-0.4, -0.2) is 43.5 Å². The number of benzene rings is 1. The average Bonchev–Trinajstić information content (AvgIpc) is 3.06. The third-order valence-electron chi connectivity index (χ3n) is 3.74. The number of rotatable bonds is 6. The Kier molecular flexibility index (Phi) is 6.31. The molecule has 1 atom stereocenters. The van der Waals surface area contributed by atoms with Gasteiger partial charge >= 0.3 is 0 Å². The van der Waals surface area contributed by atoms with Crippen LogP contribution in [0, 0.1) is 0 Å². The van der Waals surface area contributed by atoms with Gasteiger partial charge in [0.2, 0.25) is 17.7 Å². The van der Waals surface area contributed by atoms with Crippen LogP contribution in [0.5, 0.6) is 0 Å². The monoisotopic (exact) mass is 333 g/mol. The van der Waals surface area contributed by atoms with Crippen LogP contribution in [0.25, 0.3) is 0 Å². The standard InChI is InChI=1S/C17H23N3O4/c1-12(21)19-14-5-7-15(8-6-14)20(13(2)22)10-9-18-17(23)16-4-3-11-24-16/h5-8,16H,3-4,9-11H2,1-2H3,(H,18,23)(H,19,21). The van der Waals surface area contributed by atoms with E-state index < -0.39 is 0 Å². The summed E-state index contributed by atoms with van der Waals surface area (Å²) in [5, 5.41) is 5.48. The van der Waals surface area contributed by atoms with E-state index in [0.717, 1.165) is 12.8 Å². The zero-order valence-electron chi connectivity index (χ0n) is 14.0. The molecule has 1 aromatic rings. The lowest BCUT2D eigenvalue weighted by molar-refractivity contribution is -0.130. The van der Waals surface area contributed by atoms with Crippen LogP contribution in [0.15, 0.2) is 24.3 Å². The number of hydrogen-bond acceptors (Lipinski definition) is 4. The zero-order valence-corrected chi connectivity index (χ0v) is 14.0. The molecule has 0 radical (unpaired) electrons. The maximum absolute atomic E-state index is 11.9. The van der Waals surface area contributed by atoms with Gasteiger partial charge in [0.25, 0.3) is 0 Å². The lowest BCUT2D eigenvalue weighted by Crippen LogP contribution is -2.41. The number of nitrogens with one attached hydrogen (secondary N) is 2. The summed E-state index contributed by atoms with van der Waals surface area (Å²) in [5.41, 5.74) is 1.38. The smallest absolute Gasteiger partial charge is 0.249 e. The van der Waals surface area contributed by atoms with E-state index in [1.54, 1.807) is 29.2 Å². The molecule has 1 unspecified atom stereocenters.